The molecule has 0 unspecified atom stereocenters. The third-order valence-corrected chi connectivity index (χ3v) is 4.28. The summed E-state index contributed by atoms with van der Waals surface area (Å²) in [6.07, 6.45) is 10.9. The van der Waals surface area contributed by atoms with Crippen molar-refractivity contribution >= 4 is 27.6 Å². The van der Waals surface area contributed by atoms with Crippen molar-refractivity contribution in [2.45, 2.75) is 0 Å². The first kappa shape index (κ1) is 13.8. The summed E-state index contributed by atoms with van der Waals surface area (Å²) in [7, 11) is 4.11. The highest BCUT2D eigenvalue weighted by Crippen LogP contribution is 2.25. The zero-order valence-corrected chi connectivity index (χ0v) is 13.5. The van der Waals surface area contributed by atoms with Crippen molar-refractivity contribution in [3.8, 4) is 0 Å². The van der Waals surface area contributed by atoms with Gasteiger partial charge in [0.25, 0.3) is 0 Å². The number of hydrogen-bond acceptors (Lipinski definition) is 1. The average Bonchev–Trinajstić information content (AvgIpc) is 2.96. The van der Waals surface area contributed by atoms with Crippen molar-refractivity contribution in [3.05, 3.63) is 89.3 Å². The molecule has 0 saturated carbocycles. The van der Waals surface area contributed by atoms with Crippen molar-refractivity contribution in [3.63, 3.8) is 0 Å². The second-order valence-electron chi connectivity index (χ2n) is 6.21. The van der Waals surface area contributed by atoms with Gasteiger partial charge < -0.3 is 4.90 Å². The smallest absolute Gasteiger partial charge is 0.00647 e. The normalized spacial score (nSPS) is 16.7. The van der Waals surface area contributed by atoms with Crippen LogP contribution in [0.5, 0.6) is 0 Å². The van der Waals surface area contributed by atoms with Gasteiger partial charge in [-0.15, -0.1) is 0 Å². The maximum Gasteiger partial charge on any atom is 0.00647 e. The molecule has 1 aliphatic rings. The number of hydrogen-bond donors (Lipinski definition) is 0. The van der Waals surface area contributed by atoms with Crippen molar-refractivity contribution in [1.29, 1.82) is 0 Å². The van der Waals surface area contributed by atoms with Gasteiger partial charge in [0.05, 0.1) is 0 Å². The lowest BCUT2D eigenvalue weighted by atomic mass is 9.98. The summed E-state index contributed by atoms with van der Waals surface area (Å²) in [4.78, 5) is 2.09. The van der Waals surface area contributed by atoms with Crippen molar-refractivity contribution in [1.82, 2.24) is 4.90 Å². The van der Waals surface area contributed by atoms with E-state index in [0.29, 0.717) is 0 Å². The summed E-state index contributed by atoms with van der Waals surface area (Å²) in [5.74, 6) is 0. The standard InChI is InChI=1S/C22H19N/c1-23(2)15-20-10-4-9-18(20)14-19-13-12-17-7-3-6-16-8-5-11-21(19)22(16)17/h3-15H,1-2H3/b19-14-,20-15+. The Bertz CT molecular complexity index is 1010. The van der Waals surface area contributed by atoms with Gasteiger partial charge in [-0.25, -0.2) is 0 Å². The van der Waals surface area contributed by atoms with Crippen LogP contribution in [0.2, 0.25) is 0 Å². The van der Waals surface area contributed by atoms with Crippen LogP contribution in [-0.2, 0) is 0 Å². The van der Waals surface area contributed by atoms with Crippen molar-refractivity contribution in [2.24, 2.45) is 0 Å². The second kappa shape index (κ2) is 5.44. The molecule has 0 amide bonds. The molecule has 0 aliphatic heterocycles. The molecule has 1 nitrogen and oxygen atoms in total. The molecule has 0 bridgehead atoms. The van der Waals surface area contributed by atoms with E-state index in [1.165, 1.54) is 37.9 Å². The Labute approximate surface area is 136 Å². The number of benzene rings is 3. The van der Waals surface area contributed by atoms with E-state index in [1.54, 1.807) is 0 Å². The predicted octanol–water partition coefficient (Wildman–Crippen LogP) is 4.43. The Morgan fingerprint density at radius 1 is 0.870 bits per heavy atom. The summed E-state index contributed by atoms with van der Waals surface area (Å²) in [6, 6.07) is 17.5. The third kappa shape index (κ3) is 2.44. The fourth-order valence-electron chi connectivity index (χ4n) is 3.29. The van der Waals surface area contributed by atoms with Crippen LogP contribution in [0.4, 0.5) is 0 Å². The van der Waals surface area contributed by atoms with E-state index in [2.05, 4.69) is 98.0 Å². The van der Waals surface area contributed by atoms with Crippen LogP contribution in [-0.4, -0.2) is 19.0 Å². The van der Waals surface area contributed by atoms with Crippen LogP contribution in [0.25, 0.3) is 27.6 Å². The summed E-state index contributed by atoms with van der Waals surface area (Å²) in [6.45, 7) is 0. The minimum atomic E-state index is 1.25. The molecular formula is C22H19N. The van der Waals surface area contributed by atoms with Gasteiger partial charge in [-0.2, -0.15) is 0 Å². The molecule has 1 heteroatoms. The van der Waals surface area contributed by atoms with Crippen molar-refractivity contribution in [2.75, 3.05) is 14.1 Å². The molecule has 3 aromatic carbocycles. The molecule has 0 atom stereocenters. The fraction of sp³-hybridized carbons (Fsp3) is 0.0909. The molecule has 23 heavy (non-hydrogen) atoms. The van der Waals surface area contributed by atoms with Crippen molar-refractivity contribution < 1.29 is 0 Å². The summed E-state index contributed by atoms with van der Waals surface area (Å²) in [5, 5.41) is 6.55. The zero-order valence-electron chi connectivity index (χ0n) is 13.5. The molecule has 0 spiro atoms. The zero-order chi connectivity index (χ0) is 15.8. The average molecular weight is 297 g/mol. The van der Waals surface area contributed by atoms with Crippen LogP contribution in [0.15, 0.2) is 84.1 Å². The van der Waals surface area contributed by atoms with E-state index in [-0.39, 0.29) is 0 Å². The van der Waals surface area contributed by atoms with E-state index in [9.17, 15) is 0 Å². The first-order chi connectivity index (χ1) is 11.2. The minimum absolute atomic E-state index is 1.25. The van der Waals surface area contributed by atoms with Crippen LogP contribution < -0.4 is 5.22 Å². The molecule has 1 aliphatic carbocycles. The molecule has 112 valence electrons. The molecule has 0 N–H and O–H groups in total. The highest BCUT2D eigenvalue weighted by atomic mass is 15.0. The lowest BCUT2D eigenvalue weighted by molar-refractivity contribution is 0.561. The van der Waals surface area contributed by atoms with Gasteiger partial charge in [-0.3, -0.25) is 0 Å². The topological polar surface area (TPSA) is 3.24 Å². The summed E-state index contributed by atoms with van der Waals surface area (Å²) < 4.78 is 0. The monoisotopic (exact) mass is 297 g/mol. The van der Waals surface area contributed by atoms with E-state index < -0.39 is 0 Å². The first-order valence-electron chi connectivity index (χ1n) is 7.91. The van der Waals surface area contributed by atoms with Crippen LogP contribution in [0.1, 0.15) is 0 Å². The molecular weight excluding hydrogens is 278 g/mol. The van der Waals surface area contributed by atoms with Gasteiger partial charge in [0, 0.05) is 20.3 Å². The Kier molecular flexibility index (Phi) is 3.27. The van der Waals surface area contributed by atoms with Crippen LogP contribution in [0, 0.1) is 0 Å². The Morgan fingerprint density at radius 3 is 2.39 bits per heavy atom. The number of allylic oxidation sites excluding steroid dienone is 5. The molecule has 0 aromatic heterocycles. The van der Waals surface area contributed by atoms with E-state index >= 15 is 0 Å². The van der Waals surface area contributed by atoms with Gasteiger partial charge in [0.2, 0.25) is 0 Å². The Balaban J connectivity index is 1.95. The van der Waals surface area contributed by atoms with Gasteiger partial charge in [-0.1, -0.05) is 66.8 Å². The lowest BCUT2D eigenvalue weighted by Gasteiger charge is -2.09. The quantitative estimate of drug-likeness (QED) is 0.676. The SMILES string of the molecule is CN(C)/C=C1\C=CC=C1/C=c1/ccc2cccc3cccc1c32. The first-order valence-corrected chi connectivity index (χ1v) is 7.91. The van der Waals surface area contributed by atoms with Crippen LogP contribution >= 0.6 is 0 Å². The Hall–Kier alpha value is -2.80. The van der Waals surface area contributed by atoms with Crippen LogP contribution in [0.3, 0.4) is 0 Å². The van der Waals surface area contributed by atoms with Gasteiger partial charge in [0.1, 0.15) is 0 Å². The van der Waals surface area contributed by atoms with E-state index in [0.717, 1.165) is 0 Å². The molecule has 0 saturated heterocycles. The fourth-order valence-corrected chi connectivity index (χ4v) is 3.29. The Morgan fingerprint density at radius 2 is 1.61 bits per heavy atom. The minimum Gasteiger partial charge on any atom is -0.383 e. The maximum absolute atomic E-state index is 2.29. The molecule has 0 fully saturated rings. The molecule has 0 heterocycles. The highest BCUT2D eigenvalue weighted by molar-refractivity contribution is 6.10. The maximum atomic E-state index is 2.29. The van der Waals surface area contributed by atoms with Gasteiger partial charge in [0.15, 0.2) is 0 Å². The number of rotatable bonds is 2. The molecule has 3 aromatic rings. The highest BCUT2D eigenvalue weighted by Gasteiger charge is 2.06. The molecule has 4 rings (SSSR count). The summed E-state index contributed by atoms with van der Waals surface area (Å²) >= 11 is 0. The largest absolute Gasteiger partial charge is 0.383 e. The predicted molar refractivity (Wildman–Crippen MR) is 100 cm³/mol. The van der Waals surface area contributed by atoms with E-state index in [1.807, 2.05) is 0 Å². The second-order valence-corrected chi connectivity index (χ2v) is 6.21. The van der Waals surface area contributed by atoms with Gasteiger partial charge >= 0.3 is 0 Å². The summed E-state index contributed by atoms with van der Waals surface area (Å²) in [5.41, 5.74) is 2.51. The third-order valence-electron chi connectivity index (χ3n) is 4.28. The lowest BCUT2D eigenvalue weighted by Crippen LogP contribution is -2.05. The van der Waals surface area contributed by atoms with E-state index in [4.69, 9.17) is 0 Å². The molecule has 0 radical (unpaired) electrons. The number of nitrogens with zero attached hydrogens (tertiary/aromatic N) is 1. The van der Waals surface area contributed by atoms with Gasteiger partial charge in [-0.05, 0) is 44.0 Å².